The first-order valence-electron chi connectivity index (χ1n) is 7.46. The van der Waals surface area contributed by atoms with E-state index in [2.05, 4.69) is 0 Å². The minimum Gasteiger partial charge on any atom is -0.364 e. The monoisotopic (exact) mass is 333 g/mol. The topological polar surface area (TPSA) is 85.4 Å². The molecule has 23 heavy (non-hydrogen) atoms. The fourth-order valence-corrected chi connectivity index (χ4v) is 4.69. The van der Waals surface area contributed by atoms with E-state index in [-0.39, 0.29) is 10.6 Å². The van der Waals surface area contributed by atoms with Crippen molar-refractivity contribution in [1.29, 1.82) is 0 Å². The number of hydrogen-bond donors (Lipinski definition) is 1. The summed E-state index contributed by atoms with van der Waals surface area (Å²) in [7, 11) is -2.11. The summed E-state index contributed by atoms with van der Waals surface area (Å²) in [5.41, 5.74) is 8.28. The lowest BCUT2D eigenvalue weighted by Crippen LogP contribution is -2.29. The first-order valence-corrected chi connectivity index (χ1v) is 8.90. The first-order chi connectivity index (χ1) is 10.9. The highest BCUT2D eigenvalue weighted by Gasteiger charge is 2.33. The number of amides is 1. The molecular weight excluding hydrogens is 314 g/mol. The number of nitrogens with zero attached hydrogens (tertiary/aromatic N) is 2. The Bertz CT molecular complexity index is 884. The molecular formula is C16H19N3O3S. The number of nitrogens with two attached hydrogens (primary N) is 1. The number of carbonyl (C=O) groups is 1. The van der Waals surface area contributed by atoms with Crippen molar-refractivity contribution in [3.63, 3.8) is 0 Å². The number of aryl methyl sites for hydroxylation is 2. The number of benzene rings is 1. The van der Waals surface area contributed by atoms with E-state index in [0.29, 0.717) is 13.0 Å². The van der Waals surface area contributed by atoms with Crippen molar-refractivity contribution < 1.29 is 13.2 Å². The number of para-hydroxylation sites is 1. The van der Waals surface area contributed by atoms with Gasteiger partial charge in [-0.25, -0.2) is 8.42 Å². The maximum absolute atomic E-state index is 13.0. The maximum Gasteiger partial charge on any atom is 0.265 e. The molecule has 0 saturated heterocycles. The number of hydrogen-bond acceptors (Lipinski definition) is 3. The molecule has 1 aromatic carbocycles. The molecule has 1 amide bonds. The summed E-state index contributed by atoms with van der Waals surface area (Å²) in [6.45, 7) is 2.42. The van der Waals surface area contributed by atoms with Gasteiger partial charge in [0.15, 0.2) is 0 Å². The van der Waals surface area contributed by atoms with Crippen molar-refractivity contribution in [2.75, 3.05) is 10.8 Å². The van der Waals surface area contributed by atoms with Crippen LogP contribution in [-0.2, 0) is 29.9 Å². The van der Waals surface area contributed by atoms with Crippen LogP contribution in [-0.4, -0.2) is 25.4 Å². The van der Waals surface area contributed by atoms with Crippen molar-refractivity contribution in [1.82, 2.24) is 4.57 Å². The van der Waals surface area contributed by atoms with Crippen LogP contribution >= 0.6 is 0 Å². The van der Waals surface area contributed by atoms with Crippen LogP contribution in [0.2, 0.25) is 0 Å². The molecule has 1 aliphatic rings. The number of rotatable bonds is 4. The minimum atomic E-state index is -3.72. The van der Waals surface area contributed by atoms with Gasteiger partial charge in [0.2, 0.25) is 0 Å². The Balaban J connectivity index is 2.10. The van der Waals surface area contributed by atoms with Gasteiger partial charge >= 0.3 is 0 Å². The van der Waals surface area contributed by atoms with E-state index in [1.54, 1.807) is 7.05 Å². The molecule has 0 aliphatic carbocycles. The molecule has 1 aromatic heterocycles. The van der Waals surface area contributed by atoms with Gasteiger partial charge in [-0.1, -0.05) is 25.1 Å². The number of fused-ring (bicyclic) bond motifs is 1. The second kappa shape index (κ2) is 5.42. The Kier molecular flexibility index (Phi) is 3.68. The molecule has 6 nitrogen and oxygen atoms in total. The van der Waals surface area contributed by atoms with Gasteiger partial charge < -0.3 is 10.3 Å². The van der Waals surface area contributed by atoms with E-state index in [1.807, 2.05) is 25.1 Å². The third-order valence-electron chi connectivity index (χ3n) is 4.24. The van der Waals surface area contributed by atoms with E-state index < -0.39 is 15.9 Å². The van der Waals surface area contributed by atoms with Crippen molar-refractivity contribution in [3.05, 3.63) is 47.3 Å². The molecule has 0 atom stereocenters. The van der Waals surface area contributed by atoms with Crippen LogP contribution in [0.5, 0.6) is 0 Å². The Morgan fingerprint density at radius 3 is 2.70 bits per heavy atom. The second-order valence-corrected chi connectivity index (χ2v) is 7.50. The Morgan fingerprint density at radius 2 is 2.09 bits per heavy atom. The largest absolute Gasteiger partial charge is 0.364 e. The average Bonchev–Trinajstić information content (AvgIpc) is 3.10. The zero-order chi connectivity index (χ0) is 16.8. The molecule has 0 unspecified atom stereocenters. The fraction of sp³-hybridized carbons (Fsp3) is 0.312. The highest BCUT2D eigenvalue weighted by molar-refractivity contribution is 7.92. The number of aromatic nitrogens is 1. The lowest BCUT2D eigenvalue weighted by atomic mass is 10.1. The average molecular weight is 333 g/mol. The Morgan fingerprint density at radius 1 is 1.35 bits per heavy atom. The number of primary amides is 1. The van der Waals surface area contributed by atoms with Gasteiger partial charge in [0.05, 0.1) is 5.69 Å². The fourth-order valence-electron chi connectivity index (χ4n) is 3.07. The van der Waals surface area contributed by atoms with Crippen LogP contribution < -0.4 is 10.0 Å². The van der Waals surface area contributed by atoms with Gasteiger partial charge in [-0.15, -0.1) is 0 Å². The molecule has 7 heteroatoms. The van der Waals surface area contributed by atoms with E-state index in [1.165, 1.54) is 21.1 Å². The number of sulfonamides is 1. The lowest BCUT2D eigenvalue weighted by Gasteiger charge is -2.21. The zero-order valence-electron chi connectivity index (χ0n) is 13.1. The van der Waals surface area contributed by atoms with Gasteiger partial charge in [-0.05, 0) is 30.0 Å². The molecule has 1 aliphatic heterocycles. The van der Waals surface area contributed by atoms with Crippen molar-refractivity contribution in [2.45, 2.75) is 24.7 Å². The van der Waals surface area contributed by atoms with Crippen LogP contribution in [0.25, 0.3) is 0 Å². The van der Waals surface area contributed by atoms with E-state index in [9.17, 15) is 13.2 Å². The predicted molar refractivity (Wildman–Crippen MR) is 88.0 cm³/mol. The molecule has 3 rings (SSSR count). The SMILES string of the molecule is CCc1cccc2c1N(S(=O)(=O)c1cc(C(N)=O)n(C)c1)CC2. The highest BCUT2D eigenvalue weighted by atomic mass is 32.2. The van der Waals surface area contributed by atoms with Gasteiger partial charge in [0.1, 0.15) is 10.6 Å². The van der Waals surface area contributed by atoms with Gasteiger partial charge in [-0.2, -0.15) is 0 Å². The van der Waals surface area contributed by atoms with E-state index in [0.717, 1.165) is 23.2 Å². The van der Waals surface area contributed by atoms with Crippen LogP contribution in [0.15, 0.2) is 35.4 Å². The lowest BCUT2D eigenvalue weighted by molar-refractivity contribution is 0.0992. The summed E-state index contributed by atoms with van der Waals surface area (Å²) in [6, 6.07) is 7.21. The molecule has 0 bridgehead atoms. The van der Waals surface area contributed by atoms with Gasteiger partial charge in [-0.3, -0.25) is 9.10 Å². The highest BCUT2D eigenvalue weighted by Crippen LogP contribution is 2.36. The Hall–Kier alpha value is -2.28. The third kappa shape index (κ3) is 2.41. The molecule has 2 aromatic rings. The summed E-state index contributed by atoms with van der Waals surface area (Å²) in [5.74, 6) is -0.648. The van der Waals surface area contributed by atoms with E-state index in [4.69, 9.17) is 5.73 Å². The molecule has 0 spiro atoms. The number of anilines is 1. The maximum atomic E-state index is 13.0. The van der Waals surface area contributed by atoms with E-state index >= 15 is 0 Å². The van der Waals surface area contributed by atoms with Gasteiger partial charge in [0.25, 0.3) is 15.9 Å². The van der Waals surface area contributed by atoms with Crippen molar-refractivity contribution in [2.24, 2.45) is 12.8 Å². The number of carbonyl (C=O) groups excluding carboxylic acids is 1. The summed E-state index contributed by atoms with van der Waals surface area (Å²) < 4.78 is 28.9. The minimum absolute atomic E-state index is 0.0903. The standard InChI is InChI=1S/C16H19N3O3S/c1-3-11-5-4-6-12-7-8-19(15(11)12)23(21,22)13-9-14(16(17)20)18(2)10-13/h4-6,9-10H,3,7-8H2,1-2H3,(H2,17,20). The molecule has 0 radical (unpaired) electrons. The first kappa shape index (κ1) is 15.6. The molecule has 122 valence electrons. The summed E-state index contributed by atoms with van der Waals surface area (Å²) in [6.07, 6.45) is 2.89. The molecule has 0 saturated carbocycles. The van der Waals surface area contributed by atoms with Crippen LogP contribution in [0.4, 0.5) is 5.69 Å². The normalized spacial score (nSPS) is 14.1. The van der Waals surface area contributed by atoms with Crippen LogP contribution in [0.1, 0.15) is 28.5 Å². The van der Waals surface area contributed by atoms with Gasteiger partial charge in [0, 0.05) is 19.8 Å². The molecule has 2 heterocycles. The molecule has 2 N–H and O–H groups in total. The Labute approximate surface area is 135 Å². The predicted octanol–water partition coefficient (Wildman–Crippen LogP) is 1.44. The zero-order valence-corrected chi connectivity index (χ0v) is 13.9. The second-order valence-electron chi connectivity index (χ2n) is 5.64. The third-order valence-corrected chi connectivity index (χ3v) is 6.00. The summed E-state index contributed by atoms with van der Waals surface area (Å²) in [5, 5.41) is 0. The van der Waals surface area contributed by atoms with Crippen LogP contribution in [0.3, 0.4) is 0 Å². The van der Waals surface area contributed by atoms with Crippen molar-refractivity contribution >= 4 is 21.6 Å². The summed E-state index contributed by atoms with van der Waals surface area (Å²) in [4.78, 5) is 11.5. The molecule has 0 fully saturated rings. The smallest absolute Gasteiger partial charge is 0.265 e. The van der Waals surface area contributed by atoms with Crippen molar-refractivity contribution in [3.8, 4) is 0 Å². The van der Waals surface area contributed by atoms with Crippen LogP contribution in [0, 0.1) is 0 Å². The summed E-state index contributed by atoms with van der Waals surface area (Å²) >= 11 is 0. The quantitative estimate of drug-likeness (QED) is 0.918.